The van der Waals surface area contributed by atoms with Crippen molar-refractivity contribution in [2.24, 2.45) is 0 Å². The summed E-state index contributed by atoms with van der Waals surface area (Å²) in [4.78, 5) is 14.9. The van der Waals surface area contributed by atoms with Gasteiger partial charge in [-0.15, -0.1) is 0 Å². The van der Waals surface area contributed by atoms with Crippen LogP contribution in [0.4, 0.5) is 5.82 Å². The van der Waals surface area contributed by atoms with Gasteiger partial charge in [-0.2, -0.15) is 5.10 Å². The van der Waals surface area contributed by atoms with Crippen molar-refractivity contribution in [3.8, 4) is 11.5 Å². The zero-order valence-electron chi connectivity index (χ0n) is 15.3. The predicted molar refractivity (Wildman–Crippen MR) is 99.1 cm³/mol. The molecule has 0 unspecified atom stereocenters. The molecule has 1 aromatic carbocycles. The van der Waals surface area contributed by atoms with E-state index in [4.69, 9.17) is 9.47 Å². The van der Waals surface area contributed by atoms with Crippen LogP contribution in [0.2, 0.25) is 0 Å². The van der Waals surface area contributed by atoms with E-state index in [-0.39, 0.29) is 24.8 Å². The first-order valence-electron chi connectivity index (χ1n) is 9.25. The van der Waals surface area contributed by atoms with Gasteiger partial charge in [-0.25, -0.2) is 4.68 Å². The van der Waals surface area contributed by atoms with Crippen molar-refractivity contribution in [3.05, 3.63) is 36.0 Å². The fourth-order valence-corrected chi connectivity index (χ4v) is 3.65. The molecule has 3 heterocycles. The molecule has 1 fully saturated rings. The zero-order valence-corrected chi connectivity index (χ0v) is 15.3. The quantitative estimate of drug-likeness (QED) is 0.833. The topological polar surface area (TPSA) is 88.9 Å². The Hall–Kier alpha value is -2.58. The minimum Gasteiger partial charge on any atom is -0.454 e. The van der Waals surface area contributed by atoms with Gasteiger partial charge in [0.25, 0.3) is 5.91 Å². The number of aliphatic hydroxyl groups excluding tert-OH is 1. The van der Waals surface area contributed by atoms with Crippen molar-refractivity contribution in [1.82, 2.24) is 14.7 Å². The number of nitrogens with one attached hydrogen (secondary N) is 1. The van der Waals surface area contributed by atoms with Gasteiger partial charge in [0.1, 0.15) is 5.82 Å². The number of fused-ring (bicyclic) bond motifs is 1. The van der Waals surface area contributed by atoms with E-state index in [1.165, 1.54) is 0 Å². The number of anilines is 1. The highest BCUT2D eigenvalue weighted by Crippen LogP contribution is 2.33. The summed E-state index contributed by atoms with van der Waals surface area (Å²) in [7, 11) is 0. The second-order valence-corrected chi connectivity index (χ2v) is 7.06. The SMILES string of the molecule is C[C@H](O)CN1CCC(n2nccc2NC(=O)c2ccc3c(c2)OCO3)CC1. The highest BCUT2D eigenvalue weighted by Gasteiger charge is 2.24. The summed E-state index contributed by atoms with van der Waals surface area (Å²) in [6, 6.07) is 7.20. The number of benzene rings is 1. The van der Waals surface area contributed by atoms with Crippen LogP contribution in [0, 0.1) is 0 Å². The lowest BCUT2D eigenvalue weighted by molar-refractivity contribution is 0.0987. The molecule has 8 heteroatoms. The molecule has 2 aliphatic rings. The van der Waals surface area contributed by atoms with Gasteiger partial charge in [-0.05, 0) is 38.0 Å². The van der Waals surface area contributed by atoms with Crippen molar-refractivity contribution in [3.63, 3.8) is 0 Å². The summed E-state index contributed by atoms with van der Waals surface area (Å²) in [5.74, 6) is 1.72. The van der Waals surface area contributed by atoms with Crippen LogP contribution in [0.15, 0.2) is 30.5 Å². The number of hydrogen-bond acceptors (Lipinski definition) is 6. The normalized spacial score (nSPS) is 18.4. The number of nitrogens with zero attached hydrogens (tertiary/aromatic N) is 3. The van der Waals surface area contributed by atoms with Crippen LogP contribution in [0.25, 0.3) is 0 Å². The van der Waals surface area contributed by atoms with E-state index < -0.39 is 0 Å². The summed E-state index contributed by atoms with van der Waals surface area (Å²) in [6.45, 7) is 4.50. The van der Waals surface area contributed by atoms with Gasteiger partial charge in [0.15, 0.2) is 11.5 Å². The number of carbonyl (C=O) groups excluding carboxylic acids is 1. The number of hydrogen-bond donors (Lipinski definition) is 2. The summed E-state index contributed by atoms with van der Waals surface area (Å²) in [5.41, 5.74) is 0.513. The van der Waals surface area contributed by atoms with E-state index in [1.807, 2.05) is 17.7 Å². The number of β-amino-alcohol motifs (C(OH)–C–C–N with tert-alkyl or cyclic N) is 1. The van der Waals surface area contributed by atoms with E-state index in [0.29, 0.717) is 29.4 Å². The third kappa shape index (κ3) is 3.91. The second-order valence-electron chi connectivity index (χ2n) is 7.06. The number of ether oxygens (including phenoxy) is 2. The Bertz CT molecular complexity index is 812. The smallest absolute Gasteiger partial charge is 0.256 e. The first-order valence-corrected chi connectivity index (χ1v) is 9.25. The summed E-state index contributed by atoms with van der Waals surface area (Å²) in [5, 5.41) is 16.9. The highest BCUT2D eigenvalue weighted by molar-refractivity contribution is 6.04. The molecule has 1 amide bonds. The average Bonchev–Trinajstić information content (AvgIpc) is 3.30. The zero-order chi connectivity index (χ0) is 18.8. The number of likely N-dealkylation sites (tertiary alicyclic amines) is 1. The molecule has 4 rings (SSSR count). The molecular formula is C19H24N4O4. The maximum absolute atomic E-state index is 12.6. The van der Waals surface area contributed by atoms with Crippen LogP contribution in [-0.4, -0.2) is 58.2 Å². The third-order valence-electron chi connectivity index (χ3n) is 4.97. The van der Waals surface area contributed by atoms with E-state index >= 15 is 0 Å². The molecule has 2 aromatic rings. The Balaban J connectivity index is 1.41. The molecule has 1 atom stereocenters. The maximum atomic E-state index is 12.6. The molecule has 8 nitrogen and oxygen atoms in total. The summed E-state index contributed by atoms with van der Waals surface area (Å²) in [6.07, 6.45) is 3.25. The van der Waals surface area contributed by atoms with Gasteiger partial charge in [-0.1, -0.05) is 0 Å². The van der Waals surface area contributed by atoms with Gasteiger partial charge in [-0.3, -0.25) is 4.79 Å². The molecule has 27 heavy (non-hydrogen) atoms. The standard InChI is InChI=1S/C19H24N4O4/c1-13(24)11-22-8-5-15(6-9-22)23-18(4-7-20-23)21-19(25)14-2-3-16-17(10-14)27-12-26-16/h2-4,7,10,13,15,24H,5-6,8-9,11-12H2,1H3,(H,21,25)/t13-/m0/s1. The van der Waals surface area contributed by atoms with Crippen LogP contribution in [0.5, 0.6) is 11.5 Å². The van der Waals surface area contributed by atoms with Crippen LogP contribution >= 0.6 is 0 Å². The van der Waals surface area contributed by atoms with Crippen molar-refractivity contribution < 1.29 is 19.4 Å². The number of aliphatic hydroxyl groups is 1. The molecule has 2 aliphatic heterocycles. The Morgan fingerprint density at radius 1 is 1.30 bits per heavy atom. The van der Waals surface area contributed by atoms with E-state index in [1.54, 1.807) is 24.4 Å². The predicted octanol–water partition coefficient (Wildman–Crippen LogP) is 1.88. The lowest BCUT2D eigenvalue weighted by Crippen LogP contribution is -2.39. The van der Waals surface area contributed by atoms with E-state index in [0.717, 1.165) is 25.9 Å². The van der Waals surface area contributed by atoms with Crippen molar-refractivity contribution >= 4 is 11.7 Å². The first-order chi connectivity index (χ1) is 13.1. The minimum atomic E-state index is -0.317. The Labute approximate surface area is 157 Å². The van der Waals surface area contributed by atoms with Gasteiger partial charge in [0, 0.05) is 31.3 Å². The van der Waals surface area contributed by atoms with Gasteiger partial charge >= 0.3 is 0 Å². The van der Waals surface area contributed by atoms with E-state index in [9.17, 15) is 9.90 Å². The van der Waals surface area contributed by atoms with Crippen LogP contribution < -0.4 is 14.8 Å². The fourth-order valence-electron chi connectivity index (χ4n) is 3.65. The molecule has 0 aliphatic carbocycles. The molecule has 0 saturated carbocycles. The molecule has 2 N–H and O–H groups in total. The average molecular weight is 372 g/mol. The highest BCUT2D eigenvalue weighted by atomic mass is 16.7. The molecule has 0 radical (unpaired) electrons. The van der Waals surface area contributed by atoms with Crippen LogP contribution in [-0.2, 0) is 0 Å². The van der Waals surface area contributed by atoms with Crippen molar-refractivity contribution in [2.75, 3.05) is 31.7 Å². The first kappa shape index (κ1) is 17.8. The molecule has 0 bridgehead atoms. The lowest BCUT2D eigenvalue weighted by Gasteiger charge is -2.33. The molecule has 1 saturated heterocycles. The fraction of sp³-hybridized carbons (Fsp3) is 0.474. The molecule has 1 aromatic heterocycles. The summed E-state index contributed by atoms with van der Waals surface area (Å²) < 4.78 is 12.5. The van der Waals surface area contributed by atoms with Crippen molar-refractivity contribution in [2.45, 2.75) is 31.9 Å². The number of piperidine rings is 1. The van der Waals surface area contributed by atoms with Gasteiger partial charge in [0.05, 0.1) is 18.3 Å². The number of rotatable bonds is 5. The number of amides is 1. The molecular weight excluding hydrogens is 348 g/mol. The Morgan fingerprint density at radius 2 is 2.07 bits per heavy atom. The van der Waals surface area contributed by atoms with Crippen LogP contribution in [0.1, 0.15) is 36.2 Å². The number of carbonyl (C=O) groups is 1. The van der Waals surface area contributed by atoms with Gasteiger partial charge < -0.3 is 24.8 Å². The monoisotopic (exact) mass is 372 g/mol. The summed E-state index contributed by atoms with van der Waals surface area (Å²) >= 11 is 0. The van der Waals surface area contributed by atoms with Gasteiger partial charge in [0.2, 0.25) is 6.79 Å². The lowest BCUT2D eigenvalue weighted by atomic mass is 10.0. The molecule has 144 valence electrons. The Kier molecular flexibility index (Phi) is 5.00. The van der Waals surface area contributed by atoms with Crippen LogP contribution in [0.3, 0.4) is 0 Å². The Morgan fingerprint density at radius 3 is 2.85 bits per heavy atom. The maximum Gasteiger partial charge on any atom is 0.256 e. The minimum absolute atomic E-state index is 0.181. The van der Waals surface area contributed by atoms with E-state index in [2.05, 4.69) is 15.3 Å². The number of aromatic nitrogens is 2. The second kappa shape index (κ2) is 7.58. The van der Waals surface area contributed by atoms with Crippen molar-refractivity contribution in [1.29, 1.82) is 0 Å². The third-order valence-corrected chi connectivity index (χ3v) is 4.97. The largest absolute Gasteiger partial charge is 0.454 e. The molecule has 0 spiro atoms.